The molecule has 6 aromatic carbocycles. The third-order valence-corrected chi connectivity index (χ3v) is 12.2. The predicted molar refractivity (Wildman–Crippen MR) is 231 cm³/mol. The number of hydrogen-bond acceptors (Lipinski definition) is 9. The van der Waals surface area contributed by atoms with Crippen LogP contribution in [-0.4, -0.2) is 77.3 Å². The van der Waals surface area contributed by atoms with E-state index in [1.165, 1.54) is 0 Å². The molecule has 4 aliphatic heterocycles. The molecule has 0 N–H and O–H groups in total. The lowest BCUT2D eigenvalue weighted by Gasteiger charge is -2.32. The van der Waals surface area contributed by atoms with E-state index in [1.807, 2.05) is 72.8 Å². The van der Waals surface area contributed by atoms with Crippen LogP contribution in [0.5, 0.6) is 34.5 Å². The first-order valence-corrected chi connectivity index (χ1v) is 21.2. The molecule has 4 heterocycles. The fourth-order valence-corrected chi connectivity index (χ4v) is 7.80. The van der Waals surface area contributed by atoms with E-state index in [1.54, 1.807) is 0 Å². The van der Waals surface area contributed by atoms with Crippen molar-refractivity contribution in [2.75, 3.05) is 52.9 Å². The van der Waals surface area contributed by atoms with Gasteiger partial charge in [0.25, 0.3) is 0 Å². The Bertz CT molecular complexity index is 2070. The van der Waals surface area contributed by atoms with Crippen molar-refractivity contribution in [3.8, 4) is 34.5 Å². The van der Waals surface area contributed by atoms with Crippen LogP contribution in [0.2, 0.25) is 0 Å². The summed E-state index contributed by atoms with van der Waals surface area (Å²) < 4.78 is 51.7. The average Bonchev–Trinajstić information content (AvgIpc) is 4.10. The molecule has 10 rings (SSSR count). The molecule has 4 aliphatic rings. The van der Waals surface area contributed by atoms with E-state index in [9.17, 15) is 0 Å². The predicted octanol–water partition coefficient (Wildman–Crippen LogP) is 9.30. The third-order valence-electron chi connectivity index (χ3n) is 12.2. The summed E-state index contributed by atoms with van der Waals surface area (Å²) >= 11 is 0. The van der Waals surface area contributed by atoms with Gasteiger partial charge in [-0.05, 0) is 120 Å². The van der Waals surface area contributed by atoms with Gasteiger partial charge < -0.3 is 42.6 Å². The standard InChI is InChI=1S/C52H50O9/c1-51(35-3-15-41(16-4-35)53-27-47-31-57-47,36-5-17-42(18-6-36)54-28-48-32-58-48)39-11-23-45(24-12-39)61-46-25-13-40(14-26-46)52(2,37-7-19-43(20-8-37)55-29-49-33-59-49)38-9-21-44(22-10-38)56-30-50-34-60-50/h3-26,47-50H,27-34H2,1-2H3. The first-order valence-electron chi connectivity index (χ1n) is 21.2. The zero-order valence-electron chi connectivity index (χ0n) is 34.5. The van der Waals surface area contributed by atoms with Gasteiger partial charge in [0.2, 0.25) is 0 Å². The Morgan fingerprint density at radius 2 is 0.508 bits per heavy atom. The molecule has 0 bridgehead atoms. The molecule has 0 radical (unpaired) electrons. The van der Waals surface area contributed by atoms with E-state index in [0.717, 1.165) is 94.3 Å². The maximum Gasteiger partial charge on any atom is 0.127 e. The quantitative estimate of drug-likeness (QED) is 0.0552. The molecule has 0 spiro atoms. The van der Waals surface area contributed by atoms with Crippen molar-refractivity contribution in [1.29, 1.82) is 0 Å². The highest BCUT2D eigenvalue weighted by Crippen LogP contribution is 2.43. The highest BCUT2D eigenvalue weighted by atomic mass is 16.6. The first-order chi connectivity index (χ1) is 29.9. The van der Waals surface area contributed by atoms with Gasteiger partial charge in [0.05, 0.1) is 26.4 Å². The van der Waals surface area contributed by atoms with Crippen LogP contribution in [0.4, 0.5) is 0 Å². The molecule has 0 amide bonds. The minimum atomic E-state index is -0.479. The fraction of sp³-hybridized carbons (Fsp3) is 0.308. The molecule has 9 nitrogen and oxygen atoms in total. The van der Waals surface area contributed by atoms with Gasteiger partial charge in [-0.25, -0.2) is 0 Å². The van der Waals surface area contributed by atoms with Gasteiger partial charge in [-0.2, -0.15) is 0 Å². The monoisotopic (exact) mass is 818 g/mol. The third kappa shape index (κ3) is 9.26. The summed E-state index contributed by atoms with van der Waals surface area (Å²) in [4.78, 5) is 0. The van der Waals surface area contributed by atoms with E-state index in [0.29, 0.717) is 26.4 Å². The van der Waals surface area contributed by atoms with Crippen LogP contribution in [0.25, 0.3) is 0 Å². The molecule has 9 heteroatoms. The zero-order valence-corrected chi connectivity index (χ0v) is 34.5. The van der Waals surface area contributed by atoms with E-state index < -0.39 is 10.8 Å². The molecule has 4 saturated heterocycles. The molecule has 6 aromatic rings. The van der Waals surface area contributed by atoms with E-state index in [-0.39, 0.29) is 24.4 Å². The fourth-order valence-electron chi connectivity index (χ4n) is 7.80. The molecule has 4 fully saturated rings. The van der Waals surface area contributed by atoms with Crippen molar-refractivity contribution >= 4 is 0 Å². The average molecular weight is 819 g/mol. The maximum absolute atomic E-state index is 6.50. The number of benzene rings is 6. The number of rotatable bonds is 20. The smallest absolute Gasteiger partial charge is 0.127 e. The molecule has 312 valence electrons. The van der Waals surface area contributed by atoms with Crippen LogP contribution >= 0.6 is 0 Å². The van der Waals surface area contributed by atoms with Crippen molar-refractivity contribution in [2.24, 2.45) is 0 Å². The topological polar surface area (TPSA) is 96.3 Å². The van der Waals surface area contributed by atoms with Crippen molar-refractivity contribution in [2.45, 2.75) is 49.1 Å². The second-order valence-electron chi connectivity index (χ2n) is 16.6. The highest BCUT2D eigenvalue weighted by molar-refractivity contribution is 5.54. The van der Waals surface area contributed by atoms with Gasteiger partial charge in [-0.1, -0.05) is 72.8 Å². The van der Waals surface area contributed by atoms with E-state index in [2.05, 4.69) is 86.6 Å². The van der Waals surface area contributed by atoms with E-state index in [4.69, 9.17) is 42.6 Å². The van der Waals surface area contributed by atoms with Crippen molar-refractivity contribution < 1.29 is 42.6 Å². The van der Waals surface area contributed by atoms with Gasteiger partial charge in [-0.15, -0.1) is 0 Å². The SMILES string of the molecule is CC(c1ccc(OCC2CO2)cc1)(c1ccc(OCC2CO2)cc1)c1ccc(Oc2ccc(C(C)(c3ccc(OCC4CO4)cc3)c3ccc(OCC4CO4)cc3)cc2)cc1. The minimum Gasteiger partial charge on any atom is -0.491 e. The molecule has 4 atom stereocenters. The maximum atomic E-state index is 6.50. The van der Waals surface area contributed by atoms with Gasteiger partial charge in [0.1, 0.15) is 85.3 Å². The van der Waals surface area contributed by atoms with Crippen LogP contribution in [-0.2, 0) is 29.8 Å². The Morgan fingerprint density at radius 3 is 0.689 bits per heavy atom. The lowest BCUT2D eigenvalue weighted by molar-refractivity contribution is 0.263. The summed E-state index contributed by atoms with van der Waals surface area (Å²) in [5.74, 6) is 4.80. The second-order valence-corrected chi connectivity index (χ2v) is 16.6. The summed E-state index contributed by atoms with van der Waals surface area (Å²) in [5.41, 5.74) is 5.85. The Morgan fingerprint density at radius 1 is 0.328 bits per heavy atom. The molecule has 4 unspecified atom stereocenters. The lowest BCUT2D eigenvalue weighted by Crippen LogP contribution is -2.25. The van der Waals surface area contributed by atoms with Crippen molar-refractivity contribution in [3.63, 3.8) is 0 Å². The summed E-state index contributed by atoms with van der Waals surface area (Å²) in [5, 5.41) is 0. The van der Waals surface area contributed by atoms with E-state index >= 15 is 0 Å². The lowest BCUT2D eigenvalue weighted by atomic mass is 9.71. The van der Waals surface area contributed by atoms with Crippen LogP contribution in [0.1, 0.15) is 47.2 Å². The Labute approximate surface area is 357 Å². The van der Waals surface area contributed by atoms with Crippen molar-refractivity contribution in [1.82, 2.24) is 0 Å². The first kappa shape index (κ1) is 39.3. The number of hydrogen-bond donors (Lipinski definition) is 0. The molecule has 0 aromatic heterocycles. The normalized spacial score (nSPS) is 21.6. The number of epoxide rings is 4. The molecule has 0 aliphatic carbocycles. The molecular weight excluding hydrogens is 769 g/mol. The van der Waals surface area contributed by atoms with Crippen LogP contribution in [0.3, 0.4) is 0 Å². The van der Waals surface area contributed by atoms with Gasteiger partial charge in [0, 0.05) is 10.8 Å². The summed E-state index contributed by atoms with van der Waals surface area (Å²) in [6.07, 6.45) is 0.793. The highest BCUT2D eigenvalue weighted by Gasteiger charge is 2.34. The van der Waals surface area contributed by atoms with Crippen LogP contribution in [0, 0.1) is 0 Å². The van der Waals surface area contributed by atoms with Crippen molar-refractivity contribution in [3.05, 3.63) is 179 Å². The van der Waals surface area contributed by atoms with Gasteiger partial charge in [0.15, 0.2) is 0 Å². The minimum absolute atomic E-state index is 0.198. The molecule has 61 heavy (non-hydrogen) atoms. The summed E-state index contributed by atoms with van der Waals surface area (Å²) in [6.45, 7) is 9.83. The zero-order chi connectivity index (χ0) is 41.2. The van der Waals surface area contributed by atoms with Crippen LogP contribution < -0.4 is 23.7 Å². The summed E-state index contributed by atoms with van der Waals surface area (Å²) in [7, 11) is 0. The van der Waals surface area contributed by atoms with Gasteiger partial charge >= 0.3 is 0 Å². The second kappa shape index (κ2) is 16.9. The summed E-state index contributed by atoms with van der Waals surface area (Å²) in [6, 6.07) is 50.3. The molecular formula is C52H50O9. The largest absolute Gasteiger partial charge is 0.491 e. The van der Waals surface area contributed by atoms with Crippen LogP contribution in [0.15, 0.2) is 146 Å². The Hall–Kier alpha value is -5.84. The Kier molecular flexibility index (Phi) is 10.9. The number of ether oxygens (including phenoxy) is 9. The Balaban J connectivity index is 0.887. The molecule has 0 saturated carbocycles. The van der Waals surface area contributed by atoms with Gasteiger partial charge in [-0.3, -0.25) is 0 Å².